The minimum Gasteiger partial charge on any atom is -0.496 e. The van der Waals surface area contributed by atoms with Gasteiger partial charge in [-0.2, -0.15) is 74.6 Å². The molecule has 1 unspecified atom stereocenters. The molecule has 1 atom stereocenters. The van der Waals surface area contributed by atoms with E-state index in [9.17, 15) is 84.2 Å². The Morgan fingerprint density at radius 2 is 1.18 bits per heavy atom. The number of benzene rings is 3. The SMILES string of the molecule is COc1cc(OCCCC(F)(F)C(F)(F)C(F)(F)C(F)(F)C(F)(F)C(F)(F)C(F)(F)C(F)(F)F)cc(OC)c1CN1C(=O)c2ccc(Cl)cc2NC(=O)C1Cc1ccccc1. The van der Waals surface area contributed by atoms with Crippen molar-refractivity contribution in [2.75, 3.05) is 26.1 Å². The maximum Gasteiger partial charge on any atom is 0.460 e. The van der Waals surface area contributed by atoms with Gasteiger partial charge in [-0.1, -0.05) is 41.9 Å². The Balaban J connectivity index is 1.57. The lowest BCUT2D eigenvalue weighted by Crippen LogP contribution is -2.74. The lowest BCUT2D eigenvalue weighted by atomic mass is 9.88. The molecule has 61 heavy (non-hydrogen) atoms. The molecule has 0 fully saturated rings. The van der Waals surface area contributed by atoms with Crippen molar-refractivity contribution in [2.24, 2.45) is 0 Å². The van der Waals surface area contributed by atoms with Crippen molar-refractivity contribution in [2.45, 2.75) is 79.5 Å². The van der Waals surface area contributed by atoms with Crippen LogP contribution in [0.5, 0.6) is 17.2 Å². The molecule has 1 N–H and O–H groups in total. The fourth-order valence-corrected chi connectivity index (χ4v) is 6.06. The molecule has 0 bridgehead atoms. The quantitative estimate of drug-likeness (QED) is 0.108. The van der Waals surface area contributed by atoms with Crippen molar-refractivity contribution in [3.63, 3.8) is 0 Å². The number of amides is 2. The van der Waals surface area contributed by atoms with Crippen LogP contribution in [0, 0.1) is 0 Å². The first kappa shape index (κ1) is 48.8. The second-order valence-corrected chi connectivity index (χ2v) is 13.7. The first-order chi connectivity index (χ1) is 27.8. The number of rotatable bonds is 17. The number of methoxy groups -OCH3 is 2. The van der Waals surface area contributed by atoms with Crippen LogP contribution >= 0.6 is 11.6 Å². The molecule has 2 amide bonds. The molecule has 4 rings (SSSR count). The average molecular weight is 927 g/mol. The number of fused-ring (bicyclic) bond motifs is 1. The van der Waals surface area contributed by atoms with E-state index in [-0.39, 0.29) is 39.8 Å². The average Bonchev–Trinajstić information content (AvgIpc) is 3.25. The molecule has 338 valence electrons. The highest BCUT2D eigenvalue weighted by Crippen LogP contribution is 2.64. The first-order valence-electron chi connectivity index (χ1n) is 16.9. The summed E-state index contributed by atoms with van der Waals surface area (Å²) in [6.07, 6.45) is -12.1. The number of alkyl halides is 17. The van der Waals surface area contributed by atoms with E-state index in [4.69, 9.17) is 25.8 Å². The summed E-state index contributed by atoms with van der Waals surface area (Å²) in [5.41, 5.74) is 0.762. The summed E-state index contributed by atoms with van der Waals surface area (Å²) in [6.45, 7) is -1.67. The number of hydrogen-bond acceptors (Lipinski definition) is 5. The lowest BCUT2D eigenvalue weighted by molar-refractivity contribution is -0.461. The van der Waals surface area contributed by atoms with E-state index in [1.54, 1.807) is 30.3 Å². The Morgan fingerprint density at radius 3 is 1.69 bits per heavy atom. The van der Waals surface area contributed by atoms with Crippen molar-refractivity contribution >= 4 is 29.1 Å². The molecule has 3 aromatic carbocycles. The number of halogens is 18. The van der Waals surface area contributed by atoms with Crippen molar-refractivity contribution < 1.29 is 98.4 Å². The van der Waals surface area contributed by atoms with Gasteiger partial charge in [0.2, 0.25) is 5.91 Å². The van der Waals surface area contributed by atoms with Crippen LogP contribution in [0.4, 0.5) is 80.3 Å². The predicted molar refractivity (Wildman–Crippen MR) is 179 cm³/mol. The van der Waals surface area contributed by atoms with E-state index >= 15 is 0 Å². The van der Waals surface area contributed by atoms with Crippen LogP contribution < -0.4 is 19.5 Å². The summed E-state index contributed by atoms with van der Waals surface area (Å²) in [4.78, 5) is 28.8. The smallest absolute Gasteiger partial charge is 0.460 e. The number of nitrogens with zero attached hydrogens (tertiary/aromatic N) is 1. The zero-order valence-corrected chi connectivity index (χ0v) is 31.4. The molecule has 1 aliphatic heterocycles. The van der Waals surface area contributed by atoms with Gasteiger partial charge in [0.15, 0.2) is 0 Å². The minimum atomic E-state index is -8.72. The van der Waals surface area contributed by atoms with Gasteiger partial charge in [-0.15, -0.1) is 0 Å². The van der Waals surface area contributed by atoms with Gasteiger partial charge in [0, 0.05) is 30.0 Å². The summed E-state index contributed by atoms with van der Waals surface area (Å²) in [5, 5.41) is 2.84. The summed E-state index contributed by atoms with van der Waals surface area (Å²) in [7, 11) is 2.17. The third kappa shape index (κ3) is 8.51. The zero-order valence-electron chi connectivity index (χ0n) is 30.7. The maximum absolute atomic E-state index is 14.5. The molecule has 3 aromatic rings. The number of carbonyl (C=O) groups is 2. The molecule has 0 aromatic heterocycles. The lowest BCUT2D eigenvalue weighted by Gasteiger charge is -2.42. The molecule has 7 nitrogen and oxygen atoms in total. The van der Waals surface area contributed by atoms with Gasteiger partial charge in [0.05, 0.1) is 44.2 Å². The highest BCUT2D eigenvalue weighted by atomic mass is 35.5. The zero-order chi connectivity index (χ0) is 46.4. The van der Waals surface area contributed by atoms with Crippen LogP contribution in [0.25, 0.3) is 0 Å². The van der Waals surface area contributed by atoms with Gasteiger partial charge in [-0.3, -0.25) is 9.59 Å². The van der Waals surface area contributed by atoms with Crippen LogP contribution in [0.15, 0.2) is 60.7 Å². The van der Waals surface area contributed by atoms with Crippen LogP contribution in [0.3, 0.4) is 0 Å². The number of ether oxygens (including phenoxy) is 3. The van der Waals surface area contributed by atoms with Crippen molar-refractivity contribution in [3.05, 3.63) is 82.4 Å². The molecule has 25 heteroatoms. The molecule has 0 saturated heterocycles. The molecule has 0 spiro atoms. The van der Waals surface area contributed by atoms with Gasteiger partial charge < -0.3 is 24.4 Å². The van der Waals surface area contributed by atoms with Gasteiger partial charge in [-0.25, -0.2) is 0 Å². The first-order valence-corrected chi connectivity index (χ1v) is 17.3. The Kier molecular flexibility index (Phi) is 13.4. The monoisotopic (exact) mass is 926 g/mol. The Morgan fingerprint density at radius 1 is 0.672 bits per heavy atom. The summed E-state index contributed by atoms with van der Waals surface area (Å²) in [5.74, 6) is -59.2. The van der Waals surface area contributed by atoms with E-state index in [2.05, 4.69) is 5.32 Å². The fraction of sp³-hybridized carbons (Fsp3) is 0.444. The molecule has 1 aliphatic rings. The van der Waals surface area contributed by atoms with E-state index in [1.807, 2.05) is 0 Å². The molecule has 0 saturated carbocycles. The predicted octanol–water partition coefficient (Wildman–Crippen LogP) is 10.7. The van der Waals surface area contributed by atoms with Crippen LogP contribution in [-0.2, 0) is 17.8 Å². The van der Waals surface area contributed by atoms with Gasteiger partial charge in [-0.05, 0) is 30.2 Å². The normalized spacial score (nSPS) is 16.2. The second kappa shape index (κ2) is 16.8. The minimum absolute atomic E-state index is 0.0183. The molecule has 0 aliphatic carbocycles. The van der Waals surface area contributed by atoms with Crippen molar-refractivity contribution in [3.8, 4) is 17.2 Å². The largest absolute Gasteiger partial charge is 0.496 e. The third-order valence-corrected chi connectivity index (χ3v) is 9.52. The molecule has 0 radical (unpaired) electrons. The van der Waals surface area contributed by atoms with Gasteiger partial charge in [0.25, 0.3) is 5.91 Å². The summed E-state index contributed by atoms with van der Waals surface area (Å²) >= 11 is 6.08. The van der Waals surface area contributed by atoms with Crippen LogP contribution in [0.2, 0.25) is 5.02 Å². The third-order valence-electron chi connectivity index (χ3n) is 9.28. The topological polar surface area (TPSA) is 77.1 Å². The number of nitrogens with one attached hydrogen (secondary N) is 1. The number of carbonyl (C=O) groups excluding carboxylic acids is 2. The van der Waals surface area contributed by atoms with E-state index in [1.165, 1.54) is 18.2 Å². The molecule has 1 heterocycles. The highest BCUT2D eigenvalue weighted by molar-refractivity contribution is 6.31. The summed E-state index contributed by atoms with van der Waals surface area (Å²) < 4.78 is 248. The van der Waals surface area contributed by atoms with Gasteiger partial charge in [0.1, 0.15) is 23.3 Å². The Bertz CT molecular complexity index is 2060. The standard InChI is InChI=1S/C36H28ClF17N2O5/c1-59-25-15-20(61-12-6-11-29(38,39)30(40,41)31(42,43)32(44,45)33(46,47)34(48,49)35(50,51)36(52,53)54)16-26(60-2)22(25)17-56-24(13-18-7-4-3-5-8-18)27(57)55-23-14-19(37)9-10-21(23)28(56)58/h3-5,7-10,14-16,24H,6,11-13,17H2,1-2H3,(H,55,57). The Labute approximate surface area is 337 Å². The van der Waals surface area contributed by atoms with Crippen molar-refractivity contribution in [1.82, 2.24) is 4.90 Å². The van der Waals surface area contributed by atoms with E-state index in [0.717, 1.165) is 31.3 Å². The van der Waals surface area contributed by atoms with E-state index in [0.29, 0.717) is 5.56 Å². The number of hydrogen-bond donors (Lipinski definition) is 1. The molecular formula is C36H28ClF17N2O5. The van der Waals surface area contributed by atoms with Crippen LogP contribution in [0.1, 0.15) is 34.3 Å². The maximum atomic E-state index is 14.5. The van der Waals surface area contributed by atoms with E-state index < -0.39 is 97.2 Å². The van der Waals surface area contributed by atoms with Crippen molar-refractivity contribution in [1.29, 1.82) is 0 Å². The number of anilines is 1. The fourth-order valence-electron chi connectivity index (χ4n) is 5.89. The van der Waals surface area contributed by atoms with Crippen LogP contribution in [-0.4, -0.2) is 91.2 Å². The highest BCUT2D eigenvalue weighted by Gasteiger charge is 2.95. The second-order valence-electron chi connectivity index (χ2n) is 13.2. The van der Waals surface area contributed by atoms with Gasteiger partial charge >= 0.3 is 47.6 Å². The summed E-state index contributed by atoms with van der Waals surface area (Å²) in [6, 6.07) is 13.3. The Hall–Kier alpha value is -4.90. The molecular weight excluding hydrogens is 899 g/mol.